The van der Waals surface area contributed by atoms with Gasteiger partial charge < -0.3 is 35.7 Å². The Morgan fingerprint density at radius 2 is 1.05 bits per heavy atom. The Hall–Kier alpha value is 0.420. The van der Waals surface area contributed by atoms with Gasteiger partial charge in [0.1, 0.15) is 36.6 Å². The third-order valence-electron chi connectivity index (χ3n) is 2.92. The third kappa shape index (κ3) is 6.59. The summed E-state index contributed by atoms with van der Waals surface area (Å²) in [5.74, 6) is 1.40. The van der Waals surface area contributed by atoms with Gasteiger partial charge >= 0.3 is 0 Å². The van der Waals surface area contributed by atoms with Crippen LogP contribution in [0.3, 0.4) is 0 Å². The summed E-state index contributed by atoms with van der Waals surface area (Å²) in [7, 11) is 0. The molecule has 0 saturated heterocycles. The summed E-state index contributed by atoms with van der Waals surface area (Å²) in [6.45, 7) is 2.98. The fourth-order valence-corrected chi connectivity index (χ4v) is 4.25. The zero-order valence-electron chi connectivity index (χ0n) is 12.1. The predicted octanol–water partition coefficient (Wildman–Crippen LogP) is -2.02. The summed E-state index contributed by atoms with van der Waals surface area (Å²) in [5.41, 5.74) is 0. The van der Waals surface area contributed by atoms with Crippen LogP contribution < -0.4 is 0 Å². The van der Waals surface area contributed by atoms with Crippen LogP contribution in [-0.2, 0) is 0 Å². The van der Waals surface area contributed by atoms with Crippen molar-refractivity contribution in [2.75, 3.05) is 18.1 Å². The second-order valence-corrected chi connectivity index (χ2v) is 7.62. The molecule has 0 saturated carbocycles. The highest BCUT2D eigenvalue weighted by molar-refractivity contribution is 8.17. The molecule has 0 heterocycles. The van der Waals surface area contributed by atoms with Gasteiger partial charge in [0.25, 0.3) is 0 Å². The summed E-state index contributed by atoms with van der Waals surface area (Å²) in [6, 6.07) is 0. The molecule has 0 fully saturated rings. The number of rotatable bonds is 11. The molecule has 0 aliphatic rings. The van der Waals surface area contributed by atoms with Crippen LogP contribution in [0, 0.1) is 0 Å². The molecule has 0 unspecified atom stereocenters. The molecule has 0 amide bonds. The first-order chi connectivity index (χ1) is 9.81. The average molecular weight is 346 g/mol. The molecule has 0 aromatic heterocycles. The van der Waals surface area contributed by atoms with E-state index in [-0.39, 0.29) is 0 Å². The van der Waals surface area contributed by atoms with Crippen LogP contribution in [-0.4, -0.2) is 95.1 Å². The van der Waals surface area contributed by atoms with E-state index in [2.05, 4.69) is 0 Å². The maximum absolute atomic E-state index is 10.1. The number of aliphatic hydroxyl groups excluding tert-OH is 7. The number of aliphatic hydroxyl groups is 7. The molecule has 6 atom stereocenters. The van der Waals surface area contributed by atoms with Crippen LogP contribution in [0.5, 0.6) is 0 Å². The summed E-state index contributed by atoms with van der Waals surface area (Å²) in [5, 5.41) is 67.0. The lowest BCUT2D eigenvalue weighted by Crippen LogP contribution is -2.54. The second-order valence-electron chi connectivity index (χ2n) is 4.48. The highest BCUT2D eigenvalue weighted by Crippen LogP contribution is 2.29. The summed E-state index contributed by atoms with van der Waals surface area (Å²) < 4.78 is -0.392. The lowest BCUT2D eigenvalue weighted by Gasteiger charge is -2.33. The van der Waals surface area contributed by atoms with Gasteiger partial charge in [-0.1, -0.05) is 13.8 Å². The van der Waals surface area contributed by atoms with E-state index in [1.54, 1.807) is 0 Å². The molecule has 0 rings (SSSR count). The first-order valence-electron chi connectivity index (χ1n) is 6.74. The van der Waals surface area contributed by atoms with Crippen molar-refractivity contribution in [2.45, 2.75) is 55.1 Å². The normalized spacial score (nSPS) is 20.9. The molecule has 9 heteroatoms. The summed E-state index contributed by atoms with van der Waals surface area (Å²) in [4.78, 5) is 0. The second kappa shape index (κ2) is 11.0. The average Bonchev–Trinajstić information content (AvgIpc) is 2.50. The van der Waals surface area contributed by atoms with E-state index in [1.165, 1.54) is 23.5 Å². The van der Waals surface area contributed by atoms with Crippen molar-refractivity contribution in [3.63, 3.8) is 0 Å². The zero-order chi connectivity index (χ0) is 16.6. The molecular formula is C12H26O7S2. The Morgan fingerprint density at radius 3 is 1.43 bits per heavy atom. The van der Waals surface area contributed by atoms with Gasteiger partial charge in [0.15, 0.2) is 0 Å². The quantitative estimate of drug-likeness (QED) is 0.211. The van der Waals surface area contributed by atoms with Crippen LogP contribution in [0.2, 0.25) is 0 Å². The zero-order valence-corrected chi connectivity index (χ0v) is 13.7. The van der Waals surface area contributed by atoms with Crippen molar-refractivity contribution >= 4 is 23.5 Å². The van der Waals surface area contributed by atoms with E-state index in [9.17, 15) is 30.6 Å². The molecular weight excluding hydrogens is 320 g/mol. The van der Waals surface area contributed by atoms with Gasteiger partial charge in [-0.25, -0.2) is 0 Å². The minimum atomic E-state index is -1.89. The molecule has 0 spiro atoms. The van der Waals surface area contributed by atoms with E-state index >= 15 is 0 Å². The van der Waals surface area contributed by atoms with Gasteiger partial charge in [0.2, 0.25) is 0 Å². The molecule has 0 radical (unpaired) electrons. The van der Waals surface area contributed by atoms with Crippen molar-refractivity contribution < 1.29 is 35.7 Å². The van der Waals surface area contributed by atoms with Gasteiger partial charge in [-0.15, -0.1) is 23.5 Å². The maximum Gasteiger partial charge on any atom is 0.111 e. The van der Waals surface area contributed by atoms with E-state index in [0.717, 1.165) is 0 Å². The van der Waals surface area contributed by atoms with Crippen LogP contribution >= 0.6 is 23.5 Å². The molecule has 0 bridgehead atoms. The largest absolute Gasteiger partial charge is 0.394 e. The van der Waals surface area contributed by atoms with Gasteiger partial charge in [0.05, 0.1) is 11.2 Å². The number of thioether (sulfide) groups is 2. The van der Waals surface area contributed by atoms with Crippen molar-refractivity contribution in [2.24, 2.45) is 0 Å². The first kappa shape index (κ1) is 21.4. The van der Waals surface area contributed by atoms with E-state index in [4.69, 9.17) is 5.11 Å². The molecule has 7 nitrogen and oxygen atoms in total. The number of hydrogen-bond acceptors (Lipinski definition) is 9. The van der Waals surface area contributed by atoms with E-state index in [1.807, 2.05) is 13.8 Å². The Bertz CT molecular complexity index is 266. The Morgan fingerprint density at radius 1 is 0.667 bits per heavy atom. The molecule has 0 aromatic rings. The Kier molecular flexibility index (Phi) is 11.3. The minimum Gasteiger partial charge on any atom is -0.394 e. The number of hydrogen-bond donors (Lipinski definition) is 7. The molecule has 0 aromatic carbocycles. The van der Waals surface area contributed by atoms with Crippen molar-refractivity contribution in [3.8, 4) is 0 Å². The topological polar surface area (TPSA) is 142 Å². The van der Waals surface area contributed by atoms with Gasteiger partial charge in [-0.2, -0.15) is 0 Å². The SMILES string of the molecule is CCSC(SCC)[C@@H](O)[C@H](O)[C@H](O)[C@@H](O)[C@H](O)[C@H](O)CO. The molecule has 21 heavy (non-hydrogen) atoms. The van der Waals surface area contributed by atoms with Crippen LogP contribution in [0.1, 0.15) is 13.8 Å². The standard InChI is InChI=1S/C12H26O7S2/c1-3-20-12(21-4-2)11(19)10(18)9(17)8(16)7(15)6(14)5-13/h6-19H,3-5H2,1-2H3/t6-,7-,8+,9-,10-,11+/m1/s1. The van der Waals surface area contributed by atoms with Gasteiger partial charge in [-0.05, 0) is 11.5 Å². The summed E-state index contributed by atoms with van der Waals surface area (Å²) in [6.07, 6.45) is -10.2. The van der Waals surface area contributed by atoms with Crippen LogP contribution in [0.15, 0.2) is 0 Å². The van der Waals surface area contributed by atoms with Crippen molar-refractivity contribution in [1.29, 1.82) is 0 Å². The molecule has 128 valence electrons. The Balaban J connectivity index is 4.75. The lowest BCUT2D eigenvalue weighted by molar-refractivity contribution is -0.155. The fraction of sp³-hybridized carbons (Fsp3) is 1.00. The summed E-state index contributed by atoms with van der Waals surface area (Å²) >= 11 is 2.79. The Labute approximate surface area is 133 Å². The van der Waals surface area contributed by atoms with Crippen molar-refractivity contribution in [3.05, 3.63) is 0 Å². The van der Waals surface area contributed by atoms with Gasteiger partial charge in [0, 0.05) is 0 Å². The monoisotopic (exact) mass is 346 g/mol. The molecule has 0 aliphatic carbocycles. The predicted molar refractivity (Wildman–Crippen MR) is 83.2 cm³/mol. The first-order valence-corrected chi connectivity index (χ1v) is 8.83. The van der Waals surface area contributed by atoms with Crippen molar-refractivity contribution in [1.82, 2.24) is 0 Å². The van der Waals surface area contributed by atoms with Crippen LogP contribution in [0.25, 0.3) is 0 Å². The highest BCUT2D eigenvalue weighted by atomic mass is 32.2. The smallest absolute Gasteiger partial charge is 0.111 e. The van der Waals surface area contributed by atoms with E-state index < -0.39 is 47.8 Å². The third-order valence-corrected chi connectivity index (χ3v) is 5.62. The van der Waals surface area contributed by atoms with E-state index in [0.29, 0.717) is 11.5 Å². The minimum absolute atomic E-state index is 0.392. The van der Waals surface area contributed by atoms with Crippen LogP contribution in [0.4, 0.5) is 0 Å². The van der Waals surface area contributed by atoms with Gasteiger partial charge in [-0.3, -0.25) is 0 Å². The molecule has 0 aliphatic heterocycles. The lowest BCUT2D eigenvalue weighted by atomic mass is 9.97. The molecule has 7 N–H and O–H groups in total. The highest BCUT2D eigenvalue weighted by Gasteiger charge is 2.39. The maximum atomic E-state index is 10.1. The fourth-order valence-electron chi connectivity index (χ4n) is 1.68.